The van der Waals surface area contributed by atoms with Crippen molar-refractivity contribution in [2.45, 2.75) is 0 Å². The van der Waals surface area contributed by atoms with Gasteiger partial charge < -0.3 is 0 Å². The molecule has 0 bridgehead atoms. The van der Waals surface area contributed by atoms with Crippen LogP contribution >= 0.6 is 11.6 Å². The monoisotopic (exact) mass is 170 g/mol. The number of hydrogen-bond acceptors (Lipinski definition) is 1. The van der Waals surface area contributed by atoms with Gasteiger partial charge in [-0.15, -0.1) is 0 Å². The second kappa shape index (κ2) is 2.20. The maximum Gasteiger partial charge on any atom is 0.148 e. The minimum atomic E-state index is -0.332. The van der Waals surface area contributed by atoms with Gasteiger partial charge in [0.05, 0.1) is 11.2 Å². The molecule has 2 nitrogen and oxygen atoms in total. The molecule has 2 rings (SSSR count). The maximum absolute atomic E-state index is 12.9. The normalized spacial score (nSPS) is 10.7. The average Bonchev–Trinajstić information content (AvgIpc) is 2.45. The van der Waals surface area contributed by atoms with Crippen molar-refractivity contribution >= 4 is 22.5 Å². The zero-order chi connectivity index (χ0) is 7.84. The van der Waals surface area contributed by atoms with E-state index in [-0.39, 0.29) is 5.82 Å². The lowest BCUT2D eigenvalue weighted by Crippen LogP contribution is -1.77. The Bertz CT molecular complexity index is 360. The first kappa shape index (κ1) is 6.61. The largest absolute Gasteiger partial charge is 0.275 e. The molecular weight excluding hydrogens is 167 g/mol. The number of rotatable bonds is 0. The van der Waals surface area contributed by atoms with Gasteiger partial charge in [0, 0.05) is 5.39 Å². The van der Waals surface area contributed by atoms with Gasteiger partial charge in [0.2, 0.25) is 0 Å². The maximum atomic E-state index is 12.9. The van der Waals surface area contributed by atoms with Crippen molar-refractivity contribution in [3.63, 3.8) is 0 Å². The number of fused-ring (bicyclic) bond motifs is 1. The molecule has 0 atom stereocenters. The number of H-pyrrole nitrogens is 1. The number of aromatic nitrogens is 2. The molecule has 0 saturated heterocycles. The summed E-state index contributed by atoms with van der Waals surface area (Å²) in [4.78, 5) is 0. The molecular formula is C7H4ClFN2. The van der Waals surface area contributed by atoms with Gasteiger partial charge in [0.25, 0.3) is 0 Å². The molecule has 0 saturated carbocycles. The van der Waals surface area contributed by atoms with Gasteiger partial charge in [0.15, 0.2) is 0 Å². The van der Waals surface area contributed by atoms with Crippen molar-refractivity contribution in [3.8, 4) is 0 Å². The number of aromatic amines is 1. The molecule has 1 N–H and O–H groups in total. The first-order valence-corrected chi connectivity index (χ1v) is 3.44. The van der Waals surface area contributed by atoms with E-state index in [4.69, 9.17) is 11.6 Å². The molecule has 0 fully saturated rings. The Morgan fingerprint density at radius 1 is 1.45 bits per heavy atom. The van der Waals surface area contributed by atoms with Gasteiger partial charge in [-0.05, 0) is 12.1 Å². The van der Waals surface area contributed by atoms with E-state index in [1.54, 1.807) is 0 Å². The van der Waals surface area contributed by atoms with Gasteiger partial charge in [-0.25, -0.2) is 4.39 Å². The molecule has 0 aliphatic rings. The van der Waals surface area contributed by atoms with Crippen LogP contribution < -0.4 is 0 Å². The fraction of sp³-hybridized carbons (Fsp3) is 0. The van der Waals surface area contributed by atoms with E-state index in [0.29, 0.717) is 15.9 Å². The summed E-state index contributed by atoms with van der Waals surface area (Å²) in [6.07, 6.45) is 1.50. The van der Waals surface area contributed by atoms with E-state index in [1.165, 1.54) is 18.3 Å². The lowest BCUT2D eigenvalue weighted by Gasteiger charge is -1.92. The van der Waals surface area contributed by atoms with Crippen LogP contribution in [-0.2, 0) is 0 Å². The van der Waals surface area contributed by atoms with Crippen LogP contribution in [0.3, 0.4) is 0 Å². The average molecular weight is 171 g/mol. The molecule has 1 aromatic carbocycles. The SMILES string of the molecule is Fc1ccc(Cl)c2cn[nH]c12. The van der Waals surface area contributed by atoms with Crippen molar-refractivity contribution in [1.29, 1.82) is 0 Å². The molecule has 0 radical (unpaired) electrons. The fourth-order valence-electron chi connectivity index (χ4n) is 0.969. The topological polar surface area (TPSA) is 28.7 Å². The highest BCUT2D eigenvalue weighted by atomic mass is 35.5. The minimum absolute atomic E-state index is 0.332. The summed E-state index contributed by atoms with van der Waals surface area (Å²) in [7, 11) is 0. The Hall–Kier alpha value is -1.09. The Balaban J connectivity index is 2.96. The summed E-state index contributed by atoms with van der Waals surface area (Å²) < 4.78 is 12.9. The third-order valence-corrected chi connectivity index (χ3v) is 1.84. The van der Waals surface area contributed by atoms with Crippen LogP contribution in [0.15, 0.2) is 18.3 Å². The first-order chi connectivity index (χ1) is 5.29. The third-order valence-electron chi connectivity index (χ3n) is 1.51. The van der Waals surface area contributed by atoms with Crippen LogP contribution in [0, 0.1) is 5.82 Å². The van der Waals surface area contributed by atoms with Crippen LogP contribution in [-0.4, -0.2) is 10.2 Å². The highest BCUT2D eigenvalue weighted by Gasteiger charge is 2.04. The van der Waals surface area contributed by atoms with Gasteiger partial charge in [-0.1, -0.05) is 11.6 Å². The lowest BCUT2D eigenvalue weighted by molar-refractivity contribution is 0.636. The van der Waals surface area contributed by atoms with E-state index in [1.807, 2.05) is 0 Å². The molecule has 56 valence electrons. The van der Waals surface area contributed by atoms with E-state index in [0.717, 1.165) is 0 Å². The Labute approximate surface area is 67.0 Å². The smallest absolute Gasteiger partial charge is 0.148 e. The molecule has 11 heavy (non-hydrogen) atoms. The van der Waals surface area contributed by atoms with Crippen molar-refractivity contribution in [2.75, 3.05) is 0 Å². The molecule has 0 amide bonds. The van der Waals surface area contributed by atoms with Crippen LogP contribution in [0.5, 0.6) is 0 Å². The molecule has 1 heterocycles. The van der Waals surface area contributed by atoms with Crippen molar-refractivity contribution in [2.24, 2.45) is 0 Å². The van der Waals surface area contributed by atoms with E-state index in [9.17, 15) is 4.39 Å². The zero-order valence-corrected chi connectivity index (χ0v) is 6.19. The summed E-state index contributed by atoms with van der Waals surface area (Å²) in [6, 6.07) is 2.82. The van der Waals surface area contributed by atoms with Crippen molar-refractivity contribution in [3.05, 3.63) is 29.2 Å². The number of nitrogens with zero attached hydrogens (tertiary/aromatic N) is 1. The molecule has 1 aromatic heterocycles. The summed E-state index contributed by atoms with van der Waals surface area (Å²) >= 11 is 5.74. The highest BCUT2D eigenvalue weighted by molar-refractivity contribution is 6.35. The standard InChI is InChI=1S/C7H4ClFN2/c8-5-1-2-6(9)7-4(5)3-10-11-7/h1-3H,(H,10,11). The molecule has 0 unspecified atom stereocenters. The lowest BCUT2D eigenvalue weighted by atomic mass is 10.2. The molecule has 4 heteroatoms. The number of hydrogen-bond donors (Lipinski definition) is 1. The number of benzene rings is 1. The first-order valence-electron chi connectivity index (χ1n) is 3.06. The quantitative estimate of drug-likeness (QED) is 0.646. The summed E-state index contributed by atoms with van der Waals surface area (Å²) in [6.45, 7) is 0. The Morgan fingerprint density at radius 3 is 3.00 bits per heavy atom. The summed E-state index contributed by atoms with van der Waals surface area (Å²) in [5.74, 6) is -0.332. The summed E-state index contributed by atoms with van der Waals surface area (Å²) in [5.41, 5.74) is 0.359. The van der Waals surface area contributed by atoms with Gasteiger partial charge in [-0.3, -0.25) is 5.10 Å². The fourth-order valence-corrected chi connectivity index (χ4v) is 1.18. The predicted octanol–water partition coefficient (Wildman–Crippen LogP) is 2.36. The molecule has 0 aliphatic heterocycles. The van der Waals surface area contributed by atoms with Crippen LogP contribution in [0.25, 0.3) is 10.9 Å². The molecule has 0 aliphatic carbocycles. The minimum Gasteiger partial charge on any atom is -0.275 e. The van der Waals surface area contributed by atoms with Crippen LogP contribution in [0.1, 0.15) is 0 Å². The molecule has 0 spiro atoms. The Kier molecular flexibility index (Phi) is 1.32. The van der Waals surface area contributed by atoms with Crippen molar-refractivity contribution in [1.82, 2.24) is 10.2 Å². The second-order valence-electron chi connectivity index (χ2n) is 2.19. The van der Waals surface area contributed by atoms with E-state index in [2.05, 4.69) is 10.2 Å². The Morgan fingerprint density at radius 2 is 2.27 bits per heavy atom. The summed E-state index contributed by atoms with van der Waals surface area (Å²) in [5, 5.41) is 7.32. The molecule has 2 aromatic rings. The van der Waals surface area contributed by atoms with E-state index >= 15 is 0 Å². The van der Waals surface area contributed by atoms with Crippen LogP contribution in [0.4, 0.5) is 4.39 Å². The van der Waals surface area contributed by atoms with Crippen LogP contribution in [0.2, 0.25) is 5.02 Å². The van der Waals surface area contributed by atoms with Gasteiger partial charge >= 0.3 is 0 Å². The van der Waals surface area contributed by atoms with Gasteiger partial charge in [-0.2, -0.15) is 5.10 Å². The van der Waals surface area contributed by atoms with Gasteiger partial charge in [0.1, 0.15) is 11.3 Å². The number of halogens is 2. The zero-order valence-electron chi connectivity index (χ0n) is 5.44. The second-order valence-corrected chi connectivity index (χ2v) is 2.60. The van der Waals surface area contributed by atoms with Crippen molar-refractivity contribution < 1.29 is 4.39 Å². The predicted molar refractivity (Wildman–Crippen MR) is 41.1 cm³/mol. The third kappa shape index (κ3) is 0.886. The number of nitrogens with one attached hydrogen (secondary N) is 1. The van der Waals surface area contributed by atoms with E-state index < -0.39 is 0 Å². The highest BCUT2D eigenvalue weighted by Crippen LogP contribution is 2.22.